The molecule has 9 nitrogen and oxygen atoms in total. The minimum atomic E-state index is -4.61. The molecule has 0 aliphatic carbocycles. The van der Waals surface area contributed by atoms with Gasteiger partial charge in [0.05, 0.1) is 23.2 Å². The normalized spacial score (nSPS) is 15.3. The SMILES string of the molecule is O=C(Nc1cc(OCCN2CCCC2)cc(C(F)(F)F)c1)c1cnc2ccc(Oc3ccnc(C4=NCCN4)c3)cc2c1. The van der Waals surface area contributed by atoms with Gasteiger partial charge >= 0.3 is 6.18 Å². The van der Waals surface area contributed by atoms with E-state index in [2.05, 4.69) is 30.5 Å². The number of nitrogens with one attached hydrogen (secondary N) is 2. The van der Waals surface area contributed by atoms with E-state index in [4.69, 9.17) is 9.47 Å². The van der Waals surface area contributed by atoms with E-state index in [1.807, 2.05) is 0 Å². The molecular formula is C31H29F3N6O3. The van der Waals surface area contributed by atoms with Gasteiger partial charge in [0.15, 0.2) is 0 Å². The molecule has 0 unspecified atom stereocenters. The molecule has 4 aromatic rings. The van der Waals surface area contributed by atoms with Gasteiger partial charge in [0.2, 0.25) is 0 Å². The Bertz CT molecular complexity index is 1670. The van der Waals surface area contributed by atoms with Crippen LogP contribution >= 0.6 is 0 Å². The van der Waals surface area contributed by atoms with Crippen LogP contribution in [0.4, 0.5) is 18.9 Å². The van der Waals surface area contributed by atoms with Crippen LogP contribution in [0.25, 0.3) is 10.9 Å². The third-order valence-corrected chi connectivity index (χ3v) is 7.17. The number of amides is 1. The predicted molar refractivity (Wildman–Crippen MR) is 156 cm³/mol. The third-order valence-electron chi connectivity index (χ3n) is 7.17. The van der Waals surface area contributed by atoms with Crippen LogP contribution in [0, 0.1) is 0 Å². The fraction of sp³-hybridized carbons (Fsp3) is 0.290. The van der Waals surface area contributed by atoms with Crippen LogP contribution < -0.4 is 20.1 Å². The molecule has 2 N–H and O–H groups in total. The first-order valence-corrected chi connectivity index (χ1v) is 14.0. The number of rotatable bonds is 9. The maximum Gasteiger partial charge on any atom is 0.416 e. The summed E-state index contributed by atoms with van der Waals surface area (Å²) in [5.41, 5.74) is 0.538. The van der Waals surface area contributed by atoms with Gasteiger partial charge in [0.1, 0.15) is 35.4 Å². The molecule has 0 bridgehead atoms. The van der Waals surface area contributed by atoms with Gasteiger partial charge in [-0.05, 0) is 68.4 Å². The number of hydrogen-bond donors (Lipinski definition) is 2. The number of carbonyl (C=O) groups excluding carboxylic acids is 1. The maximum atomic E-state index is 13.6. The number of nitrogens with zero attached hydrogens (tertiary/aromatic N) is 4. The summed E-state index contributed by atoms with van der Waals surface area (Å²) in [4.78, 5) is 28.4. The van der Waals surface area contributed by atoms with Crippen molar-refractivity contribution < 1.29 is 27.4 Å². The van der Waals surface area contributed by atoms with Crippen molar-refractivity contribution >= 4 is 28.3 Å². The van der Waals surface area contributed by atoms with Crippen molar-refractivity contribution in [2.45, 2.75) is 19.0 Å². The number of pyridine rings is 2. The number of likely N-dealkylation sites (tertiary alicyclic amines) is 1. The van der Waals surface area contributed by atoms with Gasteiger partial charge in [0, 0.05) is 48.7 Å². The lowest BCUT2D eigenvalue weighted by atomic mass is 10.1. The Hall–Kier alpha value is -4.71. The Morgan fingerprint density at radius 1 is 0.977 bits per heavy atom. The van der Waals surface area contributed by atoms with Gasteiger partial charge in [-0.3, -0.25) is 24.7 Å². The molecule has 0 saturated carbocycles. The first-order valence-electron chi connectivity index (χ1n) is 14.0. The van der Waals surface area contributed by atoms with Crippen molar-refractivity contribution in [2.75, 3.05) is 44.6 Å². The lowest BCUT2D eigenvalue weighted by Gasteiger charge is -2.17. The number of ether oxygens (including phenoxy) is 2. The first-order chi connectivity index (χ1) is 20.8. The highest BCUT2D eigenvalue weighted by molar-refractivity contribution is 6.06. The fourth-order valence-corrected chi connectivity index (χ4v) is 5.03. The lowest BCUT2D eigenvalue weighted by Crippen LogP contribution is -2.25. The number of benzene rings is 2. The molecule has 6 rings (SSSR count). The Labute approximate surface area is 245 Å². The molecule has 1 saturated heterocycles. The standard InChI is InChI=1S/C31H29F3N6O3/c32-31(33,34)22-15-23(17-26(16-22)42-12-11-40-9-1-2-10-40)39-30(41)21-13-20-14-24(3-4-27(20)38-19-21)43-25-5-6-35-28(18-25)29-36-7-8-37-29/h3-6,13-19H,1-2,7-12H2,(H,36,37)(H,39,41). The van der Waals surface area contributed by atoms with Crippen LogP contribution in [0.1, 0.15) is 34.5 Å². The second-order valence-electron chi connectivity index (χ2n) is 10.3. The molecule has 1 amide bonds. The van der Waals surface area contributed by atoms with E-state index in [0.29, 0.717) is 47.0 Å². The second-order valence-corrected chi connectivity index (χ2v) is 10.3. The smallest absolute Gasteiger partial charge is 0.416 e. The summed E-state index contributed by atoms with van der Waals surface area (Å²) in [6, 6.07) is 13.6. The number of amidine groups is 1. The largest absolute Gasteiger partial charge is 0.492 e. The van der Waals surface area contributed by atoms with Crippen LogP contribution in [0.3, 0.4) is 0 Å². The van der Waals surface area contributed by atoms with Crippen LogP contribution in [0.5, 0.6) is 17.2 Å². The number of aromatic nitrogens is 2. The van der Waals surface area contributed by atoms with Gasteiger partial charge in [-0.15, -0.1) is 0 Å². The monoisotopic (exact) mass is 590 g/mol. The Morgan fingerprint density at radius 3 is 2.60 bits per heavy atom. The summed E-state index contributed by atoms with van der Waals surface area (Å²) >= 11 is 0. The zero-order chi connectivity index (χ0) is 29.8. The van der Waals surface area contributed by atoms with E-state index in [1.165, 1.54) is 12.3 Å². The number of halogens is 3. The number of aliphatic imine (C=N–C) groups is 1. The molecule has 1 fully saturated rings. The zero-order valence-electron chi connectivity index (χ0n) is 23.2. The van der Waals surface area contributed by atoms with Crippen molar-refractivity contribution in [3.63, 3.8) is 0 Å². The van der Waals surface area contributed by atoms with Crippen LogP contribution in [-0.2, 0) is 6.18 Å². The molecule has 0 spiro atoms. The number of alkyl halides is 3. The van der Waals surface area contributed by atoms with E-state index in [1.54, 1.807) is 42.6 Å². The minimum absolute atomic E-state index is 0.0250. The number of anilines is 1. The minimum Gasteiger partial charge on any atom is -0.492 e. The molecule has 4 heterocycles. The summed E-state index contributed by atoms with van der Waals surface area (Å²) in [6.07, 6.45) is 0.626. The van der Waals surface area contributed by atoms with Gasteiger partial charge < -0.3 is 20.1 Å². The summed E-state index contributed by atoms with van der Waals surface area (Å²) in [6.45, 7) is 4.24. The summed E-state index contributed by atoms with van der Waals surface area (Å²) in [7, 11) is 0. The second kappa shape index (κ2) is 12.3. The average molecular weight is 591 g/mol. The number of hydrogen-bond acceptors (Lipinski definition) is 8. The van der Waals surface area contributed by atoms with Gasteiger partial charge in [-0.25, -0.2) is 0 Å². The molecule has 2 aliphatic rings. The van der Waals surface area contributed by atoms with Crippen molar-refractivity contribution in [3.8, 4) is 17.2 Å². The highest BCUT2D eigenvalue weighted by atomic mass is 19.4. The van der Waals surface area contributed by atoms with Crippen LogP contribution in [-0.4, -0.2) is 65.9 Å². The molecule has 0 radical (unpaired) electrons. The molecule has 43 heavy (non-hydrogen) atoms. The molecule has 0 atom stereocenters. The summed E-state index contributed by atoms with van der Waals surface area (Å²) in [5.74, 6) is 1.22. The Morgan fingerprint density at radius 2 is 1.81 bits per heavy atom. The van der Waals surface area contributed by atoms with E-state index in [-0.39, 0.29) is 23.6 Å². The topological polar surface area (TPSA) is 101 Å². The van der Waals surface area contributed by atoms with Crippen LogP contribution in [0.15, 0.2) is 72.0 Å². The Balaban J connectivity index is 1.18. The first kappa shape index (κ1) is 28.4. The van der Waals surface area contributed by atoms with Crippen LogP contribution in [0.2, 0.25) is 0 Å². The van der Waals surface area contributed by atoms with Gasteiger partial charge in [-0.2, -0.15) is 13.2 Å². The van der Waals surface area contributed by atoms with Gasteiger partial charge in [-0.1, -0.05) is 0 Å². The van der Waals surface area contributed by atoms with E-state index in [0.717, 1.165) is 44.6 Å². The lowest BCUT2D eigenvalue weighted by molar-refractivity contribution is -0.137. The number of carbonyl (C=O) groups is 1. The summed E-state index contributed by atoms with van der Waals surface area (Å²) < 4.78 is 52.6. The molecule has 12 heteroatoms. The zero-order valence-corrected chi connectivity index (χ0v) is 23.2. The summed E-state index contributed by atoms with van der Waals surface area (Å²) in [5, 5.41) is 6.37. The quantitative estimate of drug-likeness (QED) is 0.265. The van der Waals surface area contributed by atoms with Crippen molar-refractivity contribution in [3.05, 3.63) is 83.8 Å². The highest BCUT2D eigenvalue weighted by Crippen LogP contribution is 2.34. The molecule has 2 aromatic carbocycles. The maximum absolute atomic E-state index is 13.6. The third kappa shape index (κ3) is 7.03. The fourth-order valence-electron chi connectivity index (χ4n) is 5.03. The molecule has 2 aromatic heterocycles. The van der Waals surface area contributed by atoms with E-state index < -0.39 is 17.6 Å². The molecule has 222 valence electrons. The highest BCUT2D eigenvalue weighted by Gasteiger charge is 2.32. The predicted octanol–water partition coefficient (Wildman–Crippen LogP) is 5.52. The molecular weight excluding hydrogens is 561 g/mol. The van der Waals surface area contributed by atoms with Crippen molar-refractivity contribution in [1.29, 1.82) is 0 Å². The average Bonchev–Trinajstić information content (AvgIpc) is 3.72. The Kier molecular flexibility index (Phi) is 8.10. The van der Waals surface area contributed by atoms with Gasteiger partial charge in [0.25, 0.3) is 5.91 Å². The number of fused-ring (bicyclic) bond motifs is 1. The van der Waals surface area contributed by atoms with E-state index >= 15 is 0 Å². The van der Waals surface area contributed by atoms with E-state index in [9.17, 15) is 18.0 Å². The molecule has 2 aliphatic heterocycles. The van der Waals surface area contributed by atoms with Crippen molar-refractivity contribution in [2.24, 2.45) is 4.99 Å². The van der Waals surface area contributed by atoms with Crippen molar-refractivity contribution in [1.82, 2.24) is 20.2 Å².